The molecule has 0 radical (unpaired) electrons. The van der Waals surface area contributed by atoms with Crippen LogP contribution in [-0.4, -0.2) is 39.3 Å². The van der Waals surface area contributed by atoms with Gasteiger partial charge in [-0.2, -0.15) is 0 Å². The van der Waals surface area contributed by atoms with E-state index in [0.717, 1.165) is 12.0 Å². The molecule has 0 spiro atoms. The van der Waals surface area contributed by atoms with E-state index >= 15 is 0 Å². The van der Waals surface area contributed by atoms with E-state index in [2.05, 4.69) is 20.8 Å². The first-order valence-corrected chi connectivity index (χ1v) is 8.29. The van der Waals surface area contributed by atoms with Gasteiger partial charge in [-0.1, -0.05) is 30.3 Å². The summed E-state index contributed by atoms with van der Waals surface area (Å²) in [5, 5.41) is 14.1. The van der Waals surface area contributed by atoms with Gasteiger partial charge in [-0.3, -0.25) is 4.79 Å². The Kier molecular flexibility index (Phi) is 4.46. The van der Waals surface area contributed by atoms with Gasteiger partial charge in [0.25, 0.3) is 5.91 Å². The summed E-state index contributed by atoms with van der Waals surface area (Å²) in [5.74, 6) is 1.05. The van der Waals surface area contributed by atoms with Crippen molar-refractivity contribution in [3.05, 3.63) is 60.4 Å². The highest BCUT2D eigenvalue weighted by molar-refractivity contribution is 5.96. The van der Waals surface area contributed by atoms with E-state index in [4.69, 9.17) is 9.47 Å². The lowest BCUT2D eigenvalue weighted by Crippen LogP contribution is -2.27. The molecule has 1 amide bonds. The van der Waals surface area contributed by atoms with E-state index in [0.29, 0.717) is 30.4 Å². The minimum absolute atomic E-state index is 0.252. The zero-order valence-electron chi connectivity index (χ0n) is 13.9. The largest absolute Gasteiger partial charge is 0.490 e. The van der Waals surface area contributed by atoms with Gasteiger partial charge in [0, 0.05) is 18.2 Å². The molecule has 26 heavy (non-hydrogen) atoms. The van der Waals surface area contributed by atoms with Crippen LogP contribution in [-0.2, 0) is 4.79 Å². The molecule has 1 aliphatic heterocycles. The van der Waals surface area contributed by atoms with Gasteiger partial charge in [0.2, 0.25) is 0 Å². The minimum atomic E-state index is -0.679. The van der Waals surface area contributed by atoms with Crippen LogP contribution in [0.1, 0.15) is 18.0 Å². The van der Waals surface area contributed by atoms with Crippen molar-refractivity contribution in [1.82, 2.24) is 20.2 Å². The van der Waals surface area contributed by atoms with Crippen LogP contribution in [0.2, 0.25) is 0 Å². The normalized spacial score (nSPS) is 14.3. The molecule has 0 bridgehead atoms. The number of aromatic nitrogens is 4. The number of carbonyl (C=O) groups is 1. The quantitative estimate of drug-likeness (QED) is 0.774. The Balaban J connectivity index is 1.60. The predicted molar refractivity (Wildman–Crippen MR) is 93.1 cm³/mol. The van der Waals surface area contributed by atoms with Crippen LogP contribution in [0, 0.1) is 0 Å². The molecule has 3 aromatic rings. The number of fused-ring (bicyclic) bond motifs is 1. The zero-order valence-corrected chi connectivity index (χ0v) is 13.9. The summed E-state index contributed by atoms with van der Waals surface area (Å²) >= 11 is 0. The number of ether oxygens (including phenoxy) is 2. The molecule has 1 aliphatic rings. The van der Waals surface area contributed by atoms with E-state index < -0.39 is 6.04 Å². The molecule has 4 rings (SSSR count). The number of hydrogen-bond acceptors (Lipinski definition) is 6. The molecule has 8 heteroatoms. The first kappa shape index (κ1) is 16.1. The van der Waals surface area contributed by atoms with Gasteiger partial charge in [0.15, 0.2) is 17.5 Å². The second-order valence-corrected chi connectivity index (χ2v) is 5.80. The summed E-state index contributed by atoms with van der Waals surface area (Å²) in [6.45, 7) is 1.20. The van der Waals surface area contributed by atoms with Gasteiger partial charge in [-0.05, 0) is 28.1 Å². The molecule has 1 N–H and O–H groups in total. The van der Waals surface area contributed by atoms with Crippen molar-refractivity contribution < 1.29 is 14.3 Å². The topological polar surface area (TPSA) is 91.2 Å². The molecule has 132 valence electrons. The van der Waals surface area contributed by atoms with E-state index in [1.165, 1.54) is 11.0 Å². The first-order chi connectivity index (χ1) is 12.8. The molecule has 8 nitrogen and oxygen atoms in total. The van der Waals surface area contributed by atoms with Crippen molar-refractivity contribution in [2.45, 2.75) is 12.5 Å². The summed E-state index contributed by atoms with van der Waals surface area (Å²) in [6, 6.07) is 14.0. The molecule has 0 unspecified atom stereocenters. The highest BCUT2D eigenvalue weighted by atomic mass is 16.5. The number of benzene rings is 2. The average Bonchev–Trinajstić information content (AvgIpc) is 3.07. The molecular weight excluding hydrogens is 334 g/mol. The minimum Gasteiger partial charge on any atom is -0.490 e. The number of tetrazole rings is 1. The lowest BCUT2D eigenvalue weighted by atomic mass is 10.1. The van der Waals surface area contributed by atoms with Crippen molar-refractivity contribution in [3.8, 4) is 11.5 Å². The Bertz CT molecular complexity index is 883. The fourth-order valence-corrected chi connectivity index (χ4v) is 2.80. The fraction of sp³-hybridized carbons (Fsp3) is 0.222. The summed E-state index contributed by atoms with van der Waals surface area (Å²) in [5.41, 5.74) is 1.40. The van der Waals surface area contributed by atoms with Gasteiger partial charge in [0.1, 0.15) is 6.33 Å². The standard InChI is InChI=1S/C18H17N5O3/c24-18(17(23-12-19-21-22-23)13-5-2-1-3-6-13)20-14-7-8-15-16(11-14)26-10-4-9-25-15/h1-3,5-8,11-12,17H,4,9-10H2,(H,20,24)/t17-/m0/s1. The SMILES string of the molecule is O=C(Nc1ccc2c(c1)OCCCO2)[C@H](c1ccccc1)n1cnnn1. The predicted octanol–water partition coefficient (Wildman–Crippen LogP) is 2.06. The second-order valence-electron chi connectivity index (χ2n) is 5.80. The molecule has 1 aromatic heterocycles. The molecular formula is C18H17N5O3. The maximum atomic E-state index is 12.9. The van der Waals surface area contributed by atoms with Crippen LogP contribution >= 0.6 is 0 Å². The summed E-state index contributed by atoms with van der Waals surface area (Å²) in [6.07, 6.45) is 2.25. The lowest BCUT2D eigenvalue weighted by molar-refractivity contribution is -0.118. The molecule has 0 fully saturated rings. The highest BCUT2D eigenvalue weighted by Crippen LogP contribution is 2.32. The number of hydrogen-bond donors (Lipinski definition) is 1. The molecule has 1 atom stereocenters. The fourth-order valence-electron chi connectivity index (χ4n) is 2.80. The maximum absolute atomic E-state index is 12.9. The summed E-state index contributed by atoms with van der Waals surface area (Å²) in [7, 11) is 0. The number of anilines is 1. The molecule has 2 aromatic carbocycles. The molecule has 0 saturated carbocycles. The molecule has 0 aliphatic carbocycles. The highest BCUT2D eigenvalue weighted by Gasteiger charge is 2.24. The van der Waals surface area contributed by atoms with Crippen molar-refractivity contribution in [1.29, 1.82) is 0 Å². The van der Waals surface area contributed by atoms with E-state index in [9.17, 15) is 4.79 Å². The van der Waals surface area contributed by atoms with Crippen molar-refractivity contribution >= 4 is 11.6 Å². The third kappa shape index (κ3) is 3.34. The Morgan fingerprint density at radius 2 is 1.88 bits per heavy atom. The Morgan fingerprint density at radius 3 is 2.65 bits per heavy atom. The average molecular weight is 351 g/mol. The Morgan fingerprint density at radius 1 is 1.08 bits per heavy atom. The molecule has 2 heterocycles. The van der Waals surface area contributed by atoms with Crippen LogP contribution in [0.3, 0.4) is 0 Å². The van der Waals surface area contributed by atoms with Crippen molar-refractivity contribution in [2.24, 2.45) is 0 Å². The summed E-state index contributed by atoms with van der Waals surface area (Å²) in [4.78, 5) is 12.9. The van der Waals surface area contributed by atoms with Gasteiger partial charge >= 0.3 is 0 Å². The van der Waals surface area contributed by atoms with Crippen molar-refractivity contribution in [3.63, 3.8) is 0 Å². The van der Waals surface area contributed by atoms with Crippen molar-refractivity contribution in [2.75, 3.05) is 18.5 Å². The monoisotopic (exact) mass is 351 g/mol. The van der Waals surface area contributed by atoms with Gasteiger partial charge in [0.05, 0.1) is 13.2 Å². The van der Waals surface area contributed by atoms with Gasteiger partial charge < -0.3 is 14.8 Å². The van der Waals surface area contributed by atoms with E-state index in [1.54, 1.807) is 18.2 Å². The van der Waals surface area contributed by atoms with Crippen LogP contribution < -0.4 is 14.8 Å². The Hall–Kier alpha value is -3.42. The summed E-state index contributed by atoms with van der Waals surface area (Å²) < 4.78 is 12.7. The third-order valence-corrected chi connectivity index (χ3v) is 4.01. The van der Waals surface area contributed by atoms with Gasteiger partial charge in [-0.25, -0.2) is 4.68 Å². The van der Waals surface area contributed by atoms with Gasteiger partial charge in [-0.15, -0.1) is 5.10 Å². The number of amides is 1. The van der Waals surface area contributed by atoms with Crippen LogP contribution in [0.4, 0.5) is 5.69 Å². The number of carbonyl (C=O) groups excluding carboxylic acids is 1. The van der Waals surface area contributed by atoms with E-state index in [1.807, 2.05) is 30.3 Å². The maximum Gasteiger partial charge on any atom is 0.253 e. The van der Waals surface area contributed by atoms with Crippen LogP contribution in [0.15, 0.2) is 54.9 Å². The second kappa shape index (κ2) is 7.22. The number of rotatable bonds is 4. The molecule has 0 saturated heterocycles. The number of nitrogens with one attached hydrogen (secondary N) is 1. The Labute approximate surface area is 149 Å². The smallest absolute Gasteiger partial charge is 0.253 e. The number of nitrogens with zero attached hydrogens (tertiary/aromatic N) is 4. The van der Waals surface area contributed by atoms with E-state index in [-0.39, 0.29) is 5.91 Å². The third-order valence-electron chi connectivity index (χ3n) is 4.01. The zero-order chi connectivity index (χ0) is 17.8. The lowest BCUT2D eigenvalue weighted by Gasteiger charge is -2.17. The van der Waals surface area contributed by atoms with Crippen LogP contribution in [0.25, 0.3) is 0 Å². The van der Waals surface area contributed by atoms with Crippen LogP contribution in [0.5, 0.6) is 11.5 Å². The first-order valence-electron chi connectivity index (χ1n) is 8.29.